The summed E-state index contributed by atoms with van der Waals surface area (Å²) in [6, 6.07) is 11.6. The van der Waals surface area contributed by atoms with E-state index in [1.807, 2.05) is 30.3 Å². The Labute approximate surface area is 183 Å². The molecule has 1 aromatic carbocycles. The number of nitrogens with one attached hydrogen (secondary N) is 2. The van der Waals surface area contributed by atoms with Crippen molar-refractivity contribution >= 4 is 12.1 Å². The lowest BCUT2D eigenvalue weighted by atomic mass is 9.92. The Hall–Kier alpha value is -3.95. The normalized spacial score (nSPS) is 13.2. The van der Waals surface area contributed by atoms with Crippen molar-refractivity contribution in [1.29, 1.82) is 0 Å². The topological polar surface area (TPSA) is 147 Å². The largest absolute Gasteiger partial charge is 0.478 e. The third kappa shape index (κ3) is 5.60. The third-order valence-electron chi connectivity index (χ3n) is 4.40. The Bertz CT molecular complexity index is 1180. The molecule has 2 aromatic heterocycles. The average Bonchev–Trinajstić information content (AvgIpc) is 3.17. The van der Waals surface area contributed by atoms with Crippen molar-refractivity contribution in [3.63, 3.8) is 0 Å². The van der Waals surface area contributed by atoms with Crippen LogP contribution in [-0.4, -0.2) is 38.0 Å². The van der Waals surface area contributed by atoms with Gasteiger partial charge in [0.15, 0.2) is 0 Å². The summed E-state index contributed by atoms with van der Waals surface area (Å²) in [6.07, 6.45) is -0.364. The van der Waals surface area contributed by atoms with Gasteiger partial charge in [0.1, 0.15) is 16.8 Å². The number of carbonyl (C=O) groups excluding carboxylic acids is 1. The van der Waals surface area contributed by atoms with Crippen molar-refractivity contribution in [1.82, 2.24) is 20.5 Å². The van der Waals surface area contributed by atoms with Crippen molar-refractivity contribution in [2.75, 3.05) is 0 Å². The molecule has 0 spiro atoms. The molecular weight excluding hydrogens is 416 g/mol. The lowest BCUT2D eigenvalue weighted by molar-refractivity contribution is 0.0443. The van der Waals surface area contributed by atoms with E-state index >= 15 is 0 Å². The molecule has 0 saturated carbocycles. The molecule has 3 rings (SSSR count). The summed E-state index contributed by atoms with van der Waals surface area (Å²) in [5, 5.41) is 20.0. The standard InChI is InChI=1S/C22H24N4O6/c1-21(2,3)32-20(30)24-22(4,12-13-8-6-5-7-9-13)19-26-25-17(31-19)15-10-14(18(28)29)11-16(27)23-15/h5-11H,12H2,1-4H3,(H,23,27)(H,24,30)(H,28,29). The number of pyridine rings is 1. The molecule has 0 aliphatic rings. The van der Waals surface area contributed by atoms with E-state index in [0.717, 1.165) is 11.6 Å². The molecule has 1 amide bonds. The smallest absolute Gasteiger partial charge is 0.408 e. The molecule has 0 aliphatic heterocycles. The predicted octanol–water partition coefficient (Wildman–Crippen LogP) is 3.11. The number of alkyl carbamates (subject to hydrolysis) is 1. The van der Waals surface area contributed by atoms with Crippen molar-refractivity contribution in [2.45, 2.75) is 45.3 Å². The van der Waals surface area contributed by atoms with Crippen molar-refractivity contribution in [2.24, 2.45) is 0 Å². The Morgan fingerprint density at radius 3 is 2.44 bits per heavy atom. The van der Waals surface area contributed by atoms with E-state index in [4.69, 9.17) is 9.15 Å². The first-order valence-electron chi connectivity index (χ1n) is 9.82. The van der Waals surface area contributed by atoms with Gasteiger partial charge in [-0.05, 0) is 39.3 Å². The minimum atomic E-state index is -1.27. The summed E-state index contributed by atoms with van der Waals surface area (Å²) >= 11 is 0. The van der Waals surface area contributed by atoms with Gasteiger partial charge in [-0.25, -0.2) is 9.59 Å². The Morgan fingerprint density at radius 1 is 1.12 bits per heavy atom. The van der Waals surface area contributed by atoms with Crippen molar-refractivity contribution in [3.05, 3.63) is 69.8 Å². The zero-order chi connectivity index (χ0) is 23.5. The van der Waals surface area contributed by atoms with Gasteiger partial charge >= 0.3 is 12.1 Å². The first-order chi connectivity index (χ1) is 14.9. The molecule has 32 heavy (non-hydrogen) atoms. The van der Waals surface area contributed by atoms with E-state index in [2.05, 4.69) is 20.5 Å². The maximum Gasteiger partial charge on any atom is 0.408 e. The average molecular weight is 440 g/mol. The van der Waals surface area contributed by atoms with Gasteiger partial charge in [-0.3, -0.25) is 4.79 Å². The number of carboxylic acids is 1. The van der Waals surface area contributed by atoms with Gasteiger partial charge in [-0.2, -0.15) is 0 Å². The highest BCUT2D eigenvalue weighted by molar-refractivity contribution is 5.88. The van der Waals surface area contributed by atoms with Gasteiger partial charge in [-0.1, -0.05) is 30.3 Å². The van der Waals surface area contributed by atoms with Gasteiger partial charge < -0.3 is 24.6 Å². The van der Waals surface area contributed by atoms with Crippen molar-refractivity contribution < 1.29 is 23.8 Å². The summed E-state index contributed by atoms with van der Waals surface area (Å²) in [7, 11) is 0. The lowest BCUT2D eigenvalue weighted by Crippen LogP contribution is -2.47. The number of ether oxygens (including phenoxy) is 1. The number of H-pyrrole nitrogens is 1. The molecule has 0 saturated heterocycles. The van der Waals surface area contributed by atoms with Gasteiger partial charge in [0.05, 0.1) is 5.56 Å². The molecular formula is C22H24N4O6. The van der Waals surface area contributed by atoms with Crippen LogP contribution in [0.2, 0.25) is 0 Å². The Kier molecular flexibility index (Phi) is 6.15. The molecule has 2 heterocycles. The first kappa shape index (κ1) is 22.7. The lowest BCUT2D eigenvalue weighted by Gasteiger charge is -2.29. The fraction of sp³-hybridized carbons (Fsp3) is 0.318. The summed E-state index contributed by atoms with van der Waals surface area (Å²) < 4.78 is 11.2. The van der Waals surface area contributed by atoms with Gasteiger partial charge in [0.25, 0.3) is 5.89 Å². The SMILES string of the molecule is CC(C)(C)OC(=O)NC(C)(Cc1ccccc1)c1nnc(-c2cc(C(=O)O)cc(=O)[nH]2)o1. The second-order valence-electron chi connectivity index (χ2n) is 8.49. The minimum Gasteiger partial charge on any atom is -0.478 e. The van der Waals surface area contributed by atoms with E-state index in [9.17, 15) is 19.5 Å². The van der Waals surface area contributed by atoms with Crippen LogP contribution in [0.5, 0.6) is 0 Å². The molecule has 0 aliphatic carbocycles. The zero-order valence-corrected chi connectivity index (χ0v) is 18.1. The zero-order valence-electron chi connectivity index (χ0n) is 18.1. The fourth-order valence-electron chi connectivity index (χ4n) is 3.04. The predicted molar refractivity (Wildman–Crippen MR) is 114 cm³/mol. The van der Waals surface area contributed by atoms with Gasteiger partial charge in [-0.15, -0.1) is 10.2 Å². The second-order valence-corrected chi connectivity index (χ2v) is 8.49. The highest BCUT2D eigenvalue weighted by Gasteiger charge is 2.36. The van der Waals surface area contributed by atoms with Crippen LogP contribution in [0.15, 0.2) is 51.7 Å². The molecule has 0 bridgehead atoms. The van der Waals surface area contributed by atoms with Crippen LogP contribution in [0.4, 0.5) is 4.79 Å². The molecule has 168 valence electrons. The molecule has 0 fully saturated rings. The number of hydrogen-bond acceptors (Lipinski definition) is 7. The van der Waals surface area contributed by atoms with Crippen molar-refractivity contribution in [3.8, 4) is 11.6 Å². The van der Waals surface area contributed by atoms with Crippen LogP contribution >= 0.6 is 0 Å². The minimum absolute atomic E-state index is 0.0491. The number of rotatable bonds is 6. The maximum absolute atomic E-state index is 12.5. The van der Waals surface area contributed by atoms with Crippen LogP contribution in [-0.2, 0) is 16.7 Å². The molecule has 0 radical (unpaired) electrons. The van der Waals surface area contributed by atoms with E-state index in [1.54, 1.807) is 27.7 Å². The third-order valence-corrected chi connectivity index (χ3v) is 4.40. The monoisotopic (exact) mass is 440 g/mol. The number of hydrogen-bond donors (Lipinski definition) is 3. The van der Waals surface area contributed by atoms with Crippen LogP contribution < -0.4 is 10.9 Å². The molecule has 1 atom stereocenters. The van der Waals surface area contributed by atoms with Crippen LogP contribution in [0.1, 0.15) is 49.5 Å². The summed E-state index contributed by atoms with van der Waals surface area (Å²) in [4.78, 5) is 38.1. The number of nitrogens with zero attached hydrogens (tertiary/aromatic N) is 2. The fourth-order valence-corrected chi connectivity index (χ4v) is 3.04. The highest BCUT2D eigenvalue weighted by Crippen LogP contribution is 2.28. The second kappa shape index (κ2) is 8.66. The first-order valence-corrected chi connectivity index (χ1v) is 9.82. The number of aromatic nitrogens is 3. The van der Waals surface area contributed by atoms with E-state index in [1.165, 1.54) is 6.07 Å². The molecule has 10 nitrogen and oxygen atoms in total. The summed E-state index contributed by atoms with van der Waals surface area (Å²) in [5.74, 6) is -1.30. The van der Waals surface area contributed by atoms with Gasteiger partial charge in [0, 0.05) is 12.5 Å². The van der Waals surface area contributed by atoms with Crippen LogP contribution in [0, 0.1) is 0 Å². The van der Waals surface area contributed by atoms with E-state index < -0.39 is 28.8 Å². The Balaban J connectivity index is 1.99. The summed E-state index contributed by atoms with van der Waals surface area (Å²) in [5.41, 5.74) is -1.77. The number of carbonyl (C=O) groups is 2. The van der Waals surface area contributed by atoms with Gasteiger partial charge in [0.2, 0.25) is 11.4 Å². The maximum atomic E-state index is 12.5. The van der Waals surface area contributed by atoms with Crippen LogP contribution in [0.3, 0.4) is 0 Å². The number of amides is 1. The Morgan fingerprint density at radius 2 is 1.81 bits per heavy atom. The molecule has 3 N–H and O–H groups in total. The number of aromatic amines is 1. The summed E-state index contributed by atoms with van der Waals surface area (Å²) in [6.45, 7) is 6.95. The van der Waals surface area contributed by atoms with Crippen LogP contribution in [0.25, 0.3) is 11.6 Å². The number of carboxylic acid groups (broad SMARTS) is 1. The number of aromatic carboxylic acids is 1. The molecule has 10 heteroatoms. The van der Waals surface area contributed by atoms with E-state index in [0.29, 0.717) is 6.42 Å². The van der Waals surface area contributed by atoms with E-state index in [-0.39, 0.29) is 23.0 Å². The molecule has 1 unspecified atom stereocenters. The highest BCUT2D eigenvalue weighted by atomic mass is 16.6. The number of benzene rings is 1. The molecule has 3 aromatic rings. The quantitative estimate of drug-likeness (QED) is 0.530.